The topological polar surface area (TPSA) is 0 Å². The van der Waals surface area contributed by atoms with E-state index < -0.39 is 0 Å². The van der Waals surface area contributed by atoms with Crippen LogP contribution < -0.4 is 10.4 Å². The summed E-state index contributed by atoms with van der Waals surface area (Å²) in [6, 6.07) is 21.4. The molecule has 0 aliphatic heterocycles. The van der Waals surface area contributed by atoms with E-state index in [1.54, 1.807) is 0 Å². The predicted molar refractivity (Wildman–Crippen MR) is 89.3 cm³/mol. The van der Waals surface area contributed by atoms with E-state index in [4.69, 9.17) is 0 Å². The molecule has 0 nitrogen and oxygen atoms in total. The van der Waals surface area contributed by atoms with E-state index in [2.05, 4.69) is 73.8 Å². The molecule has 0 aliphatic carbocycles. The third kappa shape index (κ3) is 1.48. The number of hydrogen-bond acceptors (Lipinski definition) is 0. The maximum atomic E-state index is 4.14. The Morgan fingerprint density at radius 1 is 0.600 bits per heavy atom. The lowest BCUT2D eigenvalue weighted by Crippen LogP contribution is -1.98. The van der Waals surface area contributed by atoms with Crippen molar-refractivity contribution in [3.63, 3.8) is 0 Å². The minimum absolute atomic E-state index is 1.05. The maximum Gasteiger partial charge on any atom is -0.00266 e. The molecule has 94 valence electrons. The molecule has 20 heavy (non-hydrogen) atoms. The molecule has 0 aromatic heterocycles. The number of benzene rings is 4. The summed E-state index contributed by atoms with van der Waals surface area (Å²) in [4.78, 5) is 0. The van der Waals surface area contributed by atoms with Crippen LogP contribution in [-0.2, 0) is 0 Å². The summed E-state index contributed by atoms with van der Waals surface area (Å²) >= 11 is 0. The summed E-state index contributed by atoms with van der Waals surface area (Å²) in [6.45, 7) is 8.16. The highest BCUT2D eigenvalue weighted by molar-refractivity contribution is 6.20. The molecule has 0 amide bonds. The van der Waals surface area contributed by atoms with Gasteiger partial charge in [-0.1, -0.05) is 67.8 Å². The first-order valence-electron chi connectivity index (χ1n) is 6.76. The molecule has 0 atom stereocenters. The van der Waals surface area contributed by atoms with Crippen molar-refractivity contribution in [3.05, 3.63) is 71.1 Å². The molecule has 0 heterocycles. The molecule has 0 heteroatoms. The van der Waals surface area contributed by atoms with Crippen molar-refractivity contribution in [1.82, 2.24) is 0 Å². The van der Waals surface area contributed by atoms with Gasteiger partial charge in [0.15, 0.2) is 0 Å². The van der Waals surface area contributed by atoms with E-state index in [0.29, 0.717) is 0 Å². The largest absolute Gasteiger partial charge is 0.0917 e. The van der Waals surface area contributed by atoms with Gasteiger partial charge in [-0.25, -0.2) is 0 Å². The third-order valence-corrected chi connectivity index (χ3v) is 4.01. The van der Waals surface area contributed by atoms with Crippen LogP contribution in [0.25, 0.3) is 45.5 Å². The van der Waals surface area contributed by atoms with E-state index in [1.807, 2.05) is 0 Å². The van der Waals surface area contributed by atoms with E-state index in [-0.39, 0.29) is 0 Å². The lowest BCUT2D eigenvalue weighted by atomic mass is 9.96. The standard InChI is InChI=1S/C20H14/c1-13-6-10-18-16(12-13)8-7-15-9-11-17-14(2)4-3-5-19(17)20(15)18/h3-12H,1-2H2. The monoisotopic (exact) mass is 254 g/mol. The van der Waals surface area contributed by atoms with Crippen LogP contribution in [0.5, 0.6) is 0 Å². The minimum Gasteiger partial charge on any atom is -0.0917 e. The van der Waals surface area contributed by atoms with Crippen LogP contribution in [-0.4, -0.2) is 0 Å². The van der Waals surface area contributed by atoms with Gasteiger partial charge in [-0.15, -0.1) is 0 Å². The van der Waals surface area contributed by atoms with E-state index >= 15 is 0 Å². The van der Waals surface area contributed by atoms with Crippen molar-refractivity contribution in [2.75, 3.05) is 0 Å². The summed E-state index contributed by atoms with van der Waals surface area (Å²) in [7, 11) is 0. The highest BCUT2D eigenvalue weighted by Gasteiger charge is 2.05. The molecule has 4 rings (SSSR count). The molecule has 0 fully saturated rings. The van der Waals surface area contributed by atoms with Gasteiger partial charge in [-0.3, -0.25) is 0 Å². The Bertz CT molecular complexity index is 1070. The molecular formula is C20H14. The van der Waals surface area contributed by atoms with Crippen molar-refractivity contribution in [1.29, 1.82) is 0 Å². The minimum atomic E-state index is 1.05. The zero-order valence-corrected chi connectivity index (χ0v) is 11.2. The molecule has 4 aromatic rings. The smallest absolute Gasteiger partial charge is 0.00266 e. The van der Waals surface area contributed by atoms with Crippen molar-refractivity contribution in [2.24, 2.45) is 0 Å². The van der Waals surface area contributed by atoms with Gasteiger partial charge in [-0.05, 0) is 48.8 Å². The van der Waals surface area contributed by atoms with Gasteiger partial charge in [-0.2, -0.15) is 0 Å². The second kappa shape index (κ2) is 3.94. The van der Waals surface area contributed by atoms with Crippen molar-refractivity contribution >= 4 is 45.5 Å². The summed E-state index contributed by atoms with van der Waals surface area (Å²) in [5.74, 6) is 0. The second-order valence-corrected chi connectivity index (χ2v) is 5.30. The molecular weight excluding hydrogens is 240 g/mol. The average molecular weight is 254 g/mol. The molecule has 4 aromatic carbocycles. The van der Waals surface area contributed by atoms with Gasteiger partial charge in [0.2, 0.25) is 0 Å². The van der Waals surface area contributed by atoms with Crippen LogP contribution in [0.15, 0.2) is 60.7 Å². The Balaban J connectivity index is 2.39. The van der Waals surface area contributed by atoms with Crippen molar-refractivity contribution in [3.8, 4) is 0 Å². The van der Waals surface area contributed by atoms with Crippen LogP contribution >= 0.6 is 0 Å². The van der Waals surface area contributed by atoms with Gasteiger partial charge in [0.05, 0.1) is 0 Å². The first kappa shape index (κ1) is 11.2. The van der Waals surface area contributed by atoms with E-state index in [0.717, 1.165) is 10.4 Å². The lowest BCUT2D eigenvalue weighted by Gasteiger charge is -2.08. The highest BCUT2D eigenvalue weighted by Crippen LogP contribution is 2.30. The fourth-order valence-corrected chi connectivity index (χ4v) is 3.04. The van der Waals surface area contributed by atoms with Crippen LogP contribution in [0.3, 0.4) is 0 Å². The molecule has 0 aliphatic rings. The SMILES string of the molecule is C=c1ccc2c(ccc3ccc4c(=C)cccc4c32)c1. The average Bonchev–Trinajstić information content (AvgIpc) is 2.46. The predicted octanol–water partition coefficient (Wildman–Crippen LogP) is 3.97. The maximum absolute atomic E-state index is 4.14. The fraction of sp³-hybridized carbons (Fsp3) is 0. The Kier molecular flexibility index (Phi) is 2.22. The summed E-state index contributed by atoms with van der Waals surface area (Å²) in [5, 5.41) is 9.74. The Hall–Kier alpha value is -2.60. The molecule has 0 N–H and O–H groups in total. The van der Waals surface area contributed by atoms with Crippen LogP contribution in [0.2, 0.25) is 0 Å². The van der Waals surface area contributed by atoms with Gasteiger partial charge in [0.1, 0.15) is 0 Å². The number of hydrogen-bond donors (Lipinski definition) is 0. The molecule has 0 saturated carbocycles. The third-order valence-electron chi connectivity index (χ3n) is 4.01. The summed E-state index contributed by atoms with van der Waals surface area (Å²) in [5.41, 5.74) is 0. The zero-order chi connectivity index (χ0) is 13.7. The van der Waals surface area contributed by atoms with Gasteiger partial charge in [0, 0.05) is 0 Å². The molecule has 0 spiro atoms. The molecule has 0 radical (unpaired) electrons. The Labute approximate surface area is 117 Å². The molecule has 0 unspecified atom stereocenters. The van der Waals surface area contributed by atoms with Crippen molar-refractivity contribution < 1.29 is 0 Å². The van der Waals surface area contributed by atoms with Crippen molar-refractivity contribution in [2.45, 2.75) is 0 Å². The van der Waals surface area contributed by atoms with Gasteiger partial charge >= 0.3 is 0 Å². The van der Waals surface area contributed by atoms with Crippen LogP contribution in [0.4, 0.5) is 0 Å². The van der Waals surface area contributed by atoms with Gasteiger partial charge < -0.3 is 0 Å². The van der Waals surface area contributed by atoms with E-state index in [1.165, 1.54) is 32.3 Å². The lowest BCUT2D eigenvalue weighted by molar-refractivity contribution is 1.69. The zero-order valence-electron chi connectivity index (χ0n) is 11.2. The van der Waals surface area contributed by atoms with Crippen LogP contribution in [0, 0.1) is 0 Å². The fourth-order valence-electron chi connectivity index (χ4n) is 3.04. The first-order valence-corrected chi connectivity index (χ1v) is 6.76. The quantitative estimate of drug-likeness (QED) is 0.417. The highest BCUT2D eigenvalue weighted by atomic mass is 14.1. The number of fused-ring (bicyclic) bond motifs is 5. The Morgan fingerprint density at radius 3 is 2.25 bits per heavy atom. The molecule has 0 bridgehead atoms. The summed E-state index contributed by atoms with van der Waals surface area (Å²) in [6.07, 6.45) is 0. The second-order valence-electron chi connectivity index (χ2n) is 5.30. The molecule has 0 saturated heterocycles. The normalized spacial score (nSPS) is 11.4. The number of rotatable bonds is 0. The van der Waals surface area contributed by atoms with E-state index in [9.17, 15) is 0 Å². The Morgan fingerprint density at radius 2 is 1.35 bits per heavy atom. The summed E-state index contributed by atoms with van der Waals surface area (Å²) < 4.78 is 0. The van der Waals surface area contributed by atoms with Gasteiger partial charge in [0.25, 0.3) is 0 Å². The van der Waals surface area contributed by atoms with Crippen LogP contribution in [0.1, 0.15) is 0 Å². The first-order chi connectivity index (χ1) is 9.74.